The van der Waals surface area contributed by atoms with Crippen LogP contribution in [-0.2, 0) is 7.05 Å². The third-order valence-electron chi connectivity index (χ3n) is 1.90. The summed E-state index contributed by atoms with van der Waals surface area (Å²) in [7, 11) is 1.90. The minimum absolute atomic E-state index is 0.779. The maximum Gasteiger partial charge on any atom is 0.117 e. The van der Waals surface area contributed by atoms with Crippen molar-refractivity contribution in [1.29, 1.82) is 0 Å². The maximum absolute atomic E-state index is 4.26. The van der Waals surface area contributed by atoms with Gasteiger partial charge in [-0.2, -0.15) is 5.10 Å². The number of hydrogen-bond donors (Lipinski definition) is 0. The van der Waals surface area contributed by atoms with Crippen molar-refractivity contribution in [2.75, 3.05) is 0 Å². The van der Waals surface area contributed by atoms with Gasteiger partial charge in [0.2, 0.25) is 0 Å². The van der Waals surface area contributed by atoms with Crippen molar-refractivity contribution >= 4 is 15.9 Å². The van der Waals surface area contributed by atoms with Crippen LogP contribution in [0.2, 0.25) is 0 Å². The molecule has 0 atom stereocenters. The second-order valence-corrected chi connectivity index (χ2v) is 3.83. The van der Waals surface area contributed by atoms with Crippen LogP contribution in [0.5, 0.6) is 0 Å². The Bertz CT molecular complexity index is 464. The predicted octanol–water partition coefficient (Wildman–Crippen LogP) is 1.95. The average Bonchev–Trinajstić information content (AvgIpc) is 2.45. The van der Waals surface area contributed by atoms with Crippen LogP contribution in [0.3, 0.4) is 0 Å². The lowest BCUT2D eigenvalue weighted by molar-refractivity contribution is 0.761. The van der Waals surface area contributed by atoms with Crippen LogP contribution >= 0.6 is 15.9 Å². The summed E-state index contributed by atoms with van der Waals surface area (Å²) in [5.41, 5.74) is 2.85. The molecule has 2 aromatic rings. The minimum atomic E-state index is 0.779. The Kier molecular flexibility index (Phi) is 2.33. The van der Waals surface area contributed by atoms with Gasteiger partial charge < -0.3 is 0 Å². The molecule has 0 amide bonds. The first-order valence-corrected chi connectivity index (χ1v) is 4.94. The Balaban J connectivity index is 2.54. The molecule has 0 aliphatic carbocycles. The van der Waals surface area contributed by atoms with Gasteiger partial charge in [-0.15, -0.1) is 0 Å². The van der Waals surface area contributed by atoms with E-state index in [9.17, 15) is 0 Å². The highest BCUT2D eigenvalue weighted by Gasteiger charge is 2.06. The van der Waals surface area contributed by atoms with Crippen LogP contribution in [0.25, 0.3) is 11.4 Å². The van der Waals surface area contributed by atoms with Crippen LogP contribution in [-0.4, -0.2) is 19.7 Å². The van der Waals surface area contributed by atoms with E-state index in [1.807, 2.05) is 30.8 Å². The summed E-state index contributed by atoms with van der Waals surface area (Å²) in [6.07, 6.45) is 1.53. The number of aryl methyl sites for hydroxylation is 2. The molecule has 72 valence electrons. The lowest BCUT2D eigenvalue weighted by Gasteiger charge is -1.99. The molecule has 0 spiro atoms. The summed E-state index contributed by atoms with van der Waals surface area (Å²) < 4.78 is 2.59. The fourth-order valence-corrected chi connectivity index (χ4v) is 1.63. The van der Waals surface area contributed by atoms with E-state index in [4.69, 9.17) is 0 Å². The van der Waals surface area contributed by atoms with Crippen LogP contribution in [0.1, 0.15) is 5.69 Å². The SMILES string of the molecule is Cc1cc(-c2cc(Br)ncn2)n(C)n1. The molecule has 0 aromatic carbocycles. The van der Waals surface area contributed by atoms with E-state index in [2.05, 4.69) is 31.0 Å². The summed E-state index contributed by atoms with van der Waals surface area (Å²) in [5.74, 6) is 0. The Hall–Kier alpha value is -1.23. The molecule has 0 aliphatic heterocycles. The normalized spacial score (nSPS) is 10.5. The van der Waals surface area contributed by atoms with Gasteiger partial charge in [0.15, 0.2) is 0 Å². The topological polar surface area (TPSA) is 43.6 Å². The minimum Gasteiger partial charge on any atom is -0.266 e. The summed E-state index contributed by atoms with van der Waals surface area (Å²) in [5, 5.41) is 4.26. The van der Waals surface area contributed by atoms with Crippen molar-refractivity contribution in [2.45, 2.75) is 6.92 Å². The van der Waals surface area contributed by atoms with E-state index >= 15 is 0 Å². The Morgan fingerprint density at radius 3 is 2.64 bits per heavy atom. The van der Waals surface area contributed by atoms with Gasteiger partial charge in [0.05, 0.1) is 17.1 Å². The molecule has 2 rings (SSSR count). The van der Waals surface area contributed by atoms with Crippen molar-refractivity contribution in [2.24, 2.45) is 7.05 Å². The van der Waals surface area contributed by atoms with E-state index in [0.717, 1.165) is 21.7 Å². The fourth-order valence-electron chi connectivity index (χ4n) is 1.32. The molecule has 0 aliphatic rings. The van der Waals surface area contributed by atoms with Crippen molar-refractivity contribution in [3.05, 3.63) is 28.8 Å². The van der Waals surface area contributed by atoms with Gasteiger partial charge in [-0.3, -0.25) is 4.68 Å². The summed E-state index contributed by atoms with van der Waals surface area (Å²) >= 11 is 3.31. The van der Waals surface area contributed by atoms with Gasteiger partial charge in [-0.05, 0) is 35.0 Å². The molecule has 0 N–H and O–H groups in total. The third-order valence-corrected chi connectivity index (χ3v) is 2.33. The number of aromatic nitrogens is 4. The van der Waals surface area contributed by atoms with Crippen molar-refractivity contribution in [1.82, 2.24) is 19.7 Å². The zero-order valence-corrected chi connectivity index (χ0v) is 9.48. The predicted molar refractivity (Wildman–Crippen MR) is 56.7 cm³/mol. The first-order chi connectivity index (χ1) is 6.66. The van der Waals surface area contributed by atoms with E-state index in [1.54, 1.807) is 0 Å². The highest BCUT2D eigenvalue weighted by atomic mass is 79.9. The van der Waals surface area contributed by atoms with E-state index in [1.165, 1.54) is 6.33 Å². The van der Waals surface area contributed by atoms with Crippen LogP contribution in [0, 0.1) is 6.92 Å². The molecule has 0 bridgehead atoms. The highest BCUT2D eigenvalue weighted by Crippen LogP contribution is 2.18. The fraction of sp³-hybridized carbons (Fsp3) is 0.222. The number of rotatable bonds is 1. The number of hydrogen-bond acceptors (Lipinski definition) is 3. The maximum atomic E-state index is 4.26. The van der Waals surface area contributed by atoms with E-state index in [0.29, 0.717) is 0 Å². The Labute approximate surface area is 90.1 Å². The molecule has 2 aromatic heterocycles. The number of nitrogens with zero attached hydrogens (tertiary/aromatic N) is 4. The van der Waals surface area contributed by atoms with Gasteiger partial charge in [0, 0.05) is 7.05 Å². The molecular weight excluding hydrogens is 244 g/mol. The van der Waals surface area contributed by atoms with E-state index < -0.39 is 0 Å². The van der Waals surface area contributed by atoms with Crippen LogP contribution < -0.4 is 0 Å². The largest absolute Gasteiger partial charge is 0.266 e. The molecular formula is C9H9BrN4. The molecule has 5 heteroatoms. The standard InChI is InChI=1S/C9H9BrN4/c1-6-3-8(14(2)13-6)7-4-9(10)12-5-11-7/h3-5H,1-2H3. The molecule has 0 saturated carbocycles. The van der Waals surface area contributed by atoms with Gasteiger partial charge in [-0.25, -0.2) is 9.97 Å². The smallest absolute Gasteiger partial charge is 0.117 e. The van der Waals surface area contributed by atoms with Gasteiger partial charge in [0.25, 0.3) is 0 Å². The summed E-state index contributed by atoms with van der Waals surface area (Å²) in [4.78, 5) is 8.16. The first-order valence-electron chi connectivity index (χ1n) is 4.15. The van der Waals surface area contributed by atoms with Gasteiger partial charge in [0.1, 0.15) is 10.9 Å². The highest BCUT2D eigenvalue weighted by molar-refractivity contribution is 9.10. The van der Waals surface area contributed by atoms with Crippen molar-refractivity contribution in [3.8, 4) is 11.4 Å². The van der Waals surface area contributed by atoms with E-state index in [-0.39, 0.29) is 0 Å². The zero-order chi connectivity index (χ0) is 10.1. The molecule has 0 fully saturated rings. The van der Waals surface area contributed by atoms with Crippen molar-refractivity contribution in [3.63, 3.8) is 0 Å². The molecule has 0 unspecified atom stereocenters. The summed E-state index contributed by atoms with van der Waals surface area (Å²) in [6.45, 7) is 1.96. The first kappa shape index (κ1) is 9.33. The lowest BCUT2D eigenvalue weighted by Crippen LogP contribution is -1.95. The van der Waals surface area contributed by atoms with Crippen LogP contribution in [0.15, 0.2) is 23.1 Å². The second-order valence-electron chi connectivity index (χ2n) is 3.02. The summed E-state index contributed by atoms with van der Waals surface area (Å²) in [6, 6.07) is 3.87. The third kappa shape index (κ3) is 1.68. The molecule has 14 heavy (non-hydrogen) atoms. The number of halogens is 1. The molecule has 2 heterocycles. The Morgan fingerprint density at radius 2 is 2.07 bits per heavy atom. The Morgan fingerprint density at radius 1 is 1.29 bits per heavy atom. The molecule has 0 radical (unpaired) electrons. The second kappa shape index (κ2) is 3.49. The monoisotopic (exact) mass is 252 g/mol. The van der Waals surface area contributed by atoms with Crippen LogP contribution in [0.4, 0.5) is 0 Å². The van der Waals surface area contributed by atoms with Gasteiger partial charge in [-0.1, -0.05) is 0 Å². The van der Waals surface area contributed by atoms with Crippen molar-refractivity contribution < 1.29 is 0 Å². The quantitative estimate of drug-likeness (QED) is 0.729. The zero-order valence-electron chi connectivity index (χ0n) is 7.90. The molecule has 4 nitrogen and oxygen atoms in total. The molecule has 0 saturated heterocycles. The average molecular weight is 253 g/mol. The van der Waals surface area contributed by atoms with Gasteiger partial charge >= 0.3 is 0 Å². The lowest BCUT2D eigenvalue weighted by atomic mass is 10.3.